The molecule has 8 heteroatoms. The second kappa shape index (κ2) is 5.70. The summed E-state index contributed by atoms with van der Waals surface area (Å²) >= 11 is 5.69. The minimum Gasteiger partial charge on any atom is -0.348 e. The first-order chi connectivity index (χ1) is 9.49. The summed E-state index contributed by atoms with van der Waals surface area (Å²) in [6.07, 6.45) is 1.61. The molecule has 1 amide bonds. The SMILES string of the molecule is Cc1[nH]ncc1CNC(=O)c1ccc(Cl)c([N+](=O)[O-])c1. The van der Waals surface area contributed by atoms with Gasteiger partial charge in [-0.3, -0.25) is 20.0 Å². The number of halogens is 1. The number of benzene rings is 1. The fourth-order valence-electron chi connectivity index (χ4n) is 1.63. The zero-order chi connectivity index (χ0) is 14.7. The van der Waals surface area contributed by atoms with Gasteiger partial charge in [0.1, 0.15) is 5.02 Å². The zero-order valence-corrected chi connectivity index (χ0v) is 11.3. The Morgan fingerprint density at radius 3 is 2.90 bits per heavy atom. The Morgan fingerprint density at radius 2 is 2.30 bits per heavy atom. The molecule has 2 aromatic rings. The lowest BCUT2D eigenvalue weighted by atomic mass is 10.2. The first kappa shape index (κ1) is 14.0. The van der Waals surface area contributed by atoms with Gasteiger partial charge >= 0.3 is 0 Å². The van der Waals surface area contributed by atoms with E-state index in [1.54, 1.807) is 6.20 Å². The van der Waals surface area contributed by atoms with Crippen LogP contribution in [-0.2, 0) is 6.54 Å². The van der Waals surface area contributed by atoms with Crippen molar-refractivity contribution in [1.82, 2.24) is 15.5 Å². The van der Waals surface area contributed by atoms with Crippen molar-refractivity contribution in [2.24, 2.45) is 0 Å². The second-order valence-corrected chi connectivity index (χ2v) is 4.53. The Balaban J connectivity index is 2.12. The van der Waals surface area contributed by atoms with Gasteiger partial charge in [-0.05, 0) is 19.1 Å². The van der Waals surface area contributed by atoms with Crippen LogP contribution in [0.4, 0.5) is 5.69 Å². The van der Waals surface area contributed by atoms with Crippen molar-refractivity contribution in [3.63, 3.8) is 0 Å². The third kappa shape index (κ3) is 2.94. The number of nitro benzene ring substituents is 1. The molecule has 0 aliphatic carbocycles. The monoisotopic (exact) mass is 294 g/mol. The highest BCUT2D eigenvalue weighted by molar-refractivity contribution is 6.32. The summed E-state index contributed by atoms with van der Waals surface area (Å²) < 4.78 is 0. The number of hydrogen-bond donors (Lipinski definition) is 2. The fraction of sp³-hybridized carbons (Fsp3) is 0.167. The van der Waals surface area contributed by atoms with E-state index in [1.165, 1.54) is 12.1 Å². The van der Waals surface area contributed by atoms with E-state index in [0.717, 1.165) is 17.3 Å². The van der Waals surface area contributed by atoms with Crippen molar-refractivity contribution >= 4 is 23.2 Å². The molecule has 20 heavy (non-hydrogen) atoms. The number of aryl methyl sites for hydroxylation is 1. The van der Waals surface area contributed by atoms with E-state index >= 15 is 0 Å². The van der Waals surface area contributed by atoms with E-state index < -0.39 is 10.8 Å². The molecule has 2 rings (SSSR count). The molecule has 0 unspecified atom stereocenters. The minimum absolute atomic E-state index is 0.00257. The first-order valence-corrected chi connectivity index (χ1v) is 6.08. The standard InChI is InChI=1S/C12H11ClN4O3/c1-7-9(6-15-16-7)5-14-12(18)8-2-3-10(13)11(4-8)17(19)20/h2-4,6H,5H2,1H3,(H,14,18)(H,15,16). The van der Waals surface area contributed by atoms with Crippen LogP contribution in [0, 0.1) is 17.0 Å². The van der Waals surface area contributed by atoms with Crippen LogP contribution in [0.2, 0.25) is 5.02 Å². The predicted octanol–water partition coefficient (Wildman–Crippen LogP) is 2.21. The summed E-state index contributed by atoms with van der Waals surface area (Å²) in [7, 11) is 0. The van der Waals surface area contributed by atoms with Crippen LogP contribution in [0.25, 0.3) is 0 Å². The molecule has 0 aliphatic rings. The summed E-state index contributed by atoms with van der Waals surface area (Å²) in [6, 6.07) is 3.92. The number of rotatable bonds is 4. The van der Waals surface area contributed by atoms with E-state index in [0.29, 0.717) is 0 Å². The number of H-pyrrole nitrogens is 1. The maximum Gasteiger partial charge on any atom is 0.288 e. The van der Waals surface area contributed by atoms with Crippen molar-refractivity contribution in [3.8, 4) is 0 Å². The van der Waals surface area contributed by atoms with E-state index in [2.05, 4.69) is 15.5 Å². The Hall–Kier alpha value is -2.41. The van der Waals surface area contributed by atoms with Gasteiger partial charge in [-0.15, -0.1) is 0 Å². The molecule has 0 saturated carbocycles. The maximum absolute atomic E-state index is 11.9. The van der Waals surface area contributed by atoms with Crippen LogP contribution < -0.4 is 5.32 Å². The van der Waals surface area contributed by atoms with Crippen LogP contribution >= 0.6 is 11.6 Å². The molecule has 0 atom stereocenters. The summed E-state index contributed by atoms with van der Waals surface area (Å²) in [5, 5.41) is 20.0. The smallest absolute Gasteiger partial charge is 0.288 e. The lowest BCUT2D eigenvalue weighted by Gasteiger charge is -2.05. The van der Waals surface area contributed by atoms with Crippen molar-refractivity contribution in [2.45, 2.75) is 13.5 Å². The molecule has 0 bridgehead atoms. The van der Waals surface area contributed by atoms with Crippen LogP contribution in [0.15, 0.2) is 24.4 Å². The molecule has 0 radical (unpaired) electrons. The molecule has 0 aliphatic heterocycles. The lowest BCUT2D eigenvalue weighted by molar-refractivity contribution is -0.384. The second-order valence-electron chi connectivity index (χ2n) is 4.13. The number of nitro groups is 1. The normalized spacial score (nSPS) is 10.3. The van der Waals surface area contributed by atoms with Gasteiger partial charge in [-0.2, -0.15) is 5.10 Å². The quantitative estimate of drug-likeness (QED) is 0.666. The molecule has 0 fully saturated rings. The van der Waals surface area contributed by atoms with Gasteiger partial charge in [-0.1, -0.05) is 11.6 Å². The third-order valence-corrected chi connectivity index (χ3v) is 3.10. The van der Waals surface area contributed by atoms with Crippen molar-refractivity contribution in [2.75, 3.05) is 0 Å². The van der Waals surface area contributed by atoms with Gasteiger partial charge in [0.2, 0.25) is 0 Å². The molecule has 104 valence electrons. The van der Waals surface area contributed by atoms with Gasteiger partial charge < -0.3 is 5.32 Å². The first-order valence-electron chi connectivity index (χ1n) is 5.70. The van der Waals surface area contributed by atoms with E-state index in [1.807, 2.05) is 6.92 Å². The van der Waals surface area contributed by atoms with Crippen molar-refractivity contribution < 1.29 is 9.72 Å². The van der Waals surface area contributed by atoms with E-state index in [9.17, 15) is 14.9 Å². The number of hydrogen-bond acceptors (Lipinski definition) is 4. The van der Waals surface area contributed by atoms with Gasteiger partial charge in [0.05, 0.1) is 11.1 Å². The number of nitrogens with zero attached hydrogens (tertiary/aromatic N) is 2. The Kier molecular flexibility index (Phi) is 3.99. The minimum atomic E-state index is -0.626. The van der Waals surface area contributed by atoms with Gasteiger partial charge in [-0.25, -0.2) is 0 Å². The zero-order valence-electron chi connectivity index (χ0n) is 10.5. The molecule has 2 N–H and O–H groups in total. The molecular formula is C12H11ClN4O3. The van der Waals surface area contributed by atoms with E-state index in [4.69, 9.17) is 11.6 Å². The molecule has 1 aromatic carbocycles. The molecular weight excluding hydrogens is 284 g/mol. The number of amides is 1. The molecule has 0 saturated heterocycles. The topological polar surface area (TPSA) is 101 Å². The average Bonchev–Trinajstić information content (AvgIpc) is 2.81. The molecule has 0 spiro atoms. The highest BCUT2D eigenvalue weighted by Gasteiger charge is 2.16. The number of carbonyl (C=O) groups excluding carboxylic acids is 1. The Morgan fingerprint density at radius 1 is 1.55 bits per heavy atom. The maximum atomic E-state index is 11.9. The molecule has 7 nitrogen and oxygen atoms in total. The summed E-state index contributed by atoms with van der Waals surface area (Å²) in [5.74, 6) is -0.412. The number of aromatic nitrogens is 2. The van der Waals surface area contributed by atoms with Gasteiger partial charge in [0.15, 0.2) is 0 Å². The molecule has 1 aromatic heterocycles. The third-order valence-electron chi connectivity index (χ3n) is 2.78. The van der Waals surface area contributed by atoms with Crippen molar-refractivity contribution in [1.29, 1.82) is 0 Å². The Labute approximate surface area is 119 Å². The summed E-state index contributed by atoms with van der Waals surface area (Å²) in [5.41, 5.74) is 1.59. The van der Waals surface area contributed by atoms with Crippen LogP contribution in [0.5, 0.6) is 0 Å². The number of carbonyl (C=O) groups is 1. The highest BCUT2D eigenvalue weighted by atomic mass is 35.5. The summed E-state index contributed by atoms with van der Waals surface area (Å²) in [6.45, 7) is 2.12. The van der Waals surface area contributed by atoms with Gasteiger partial charge in [0.25, 0.3) is 11.6 Å². The highest BCUT2D eigenvalue weighted by Crippen LogP contribution is 2.25. The lowest BCUT2D eigenvalue weighted by Crippen LogP contribution is -2.23. The fourth-order valence-corrected chi connectivity index (χ4v) is 1.81. The van der Waals surface area contributed by atoms with E-state index in [-0.39, 0.29) is 22.8 Å². The largest absolute Gasteiger partial charge is 0.348 e. The van der Waals surface area contributed by atoms with Crippen LogP contribution in [0.1, 0.15) is 21.6 Å². The van der Waals surface area contributed by atoms with Crippen molar-refractivity contribution in [3.05, 3.63) is 56.4 Å². The van der Waals surface area contributed by atoms with Gasteiger partial charge in [0, 0.05) is 29.4 Å². The summed E-state index contributed by atoms with van der Waals surface area (Å²) in [4.78, 5) is 22.1. The predicted molar refractivity (Wildman–Crippen MR) is 72.6 cm³/mol. The van der Waals surface area contributed by atoms with Crippen LogP contribution in [-0.4, -0.2) is 21.0 Å². The number of nitrogens with one attached hydrogen (secondary N) is 2. The molecule has 1 heterocycles. The number of aromatic amines is 1. The average molecular weight is 295 g/mol. The van der Waals surface area contributed by atoms with Crippen LogP contribution in [0.3, 0.4) is 0 Å². The Bertz CT molecular complexity index is 668.